The van der Waals surface area contributed by atoms with Crippen LogP contribution in [0.3, 0.4) is 0 Å². The van der Waals surface area contributed by atoms with Gasteiger partial charge in [-0.25, -0.2) is 8.42 Å². The van der Waals surface area contributed by atoms with Crippen molar-refractivity contribution in [3.8, 4) is 11.3 Å². The van der Waals surface area contributed by atoms with Gasteiger partial charge in [-0.1, -0.05) is 35.0 Å². The summed E-state index contributed by atoms with van der Waals surface area (Å²) in [6, 6.07) is 9.06. The molecule has 1 aliphatic heterocycles. The van der Waals surface area contributed by atoms with Crippen LogP contribution in [0.15, 0.2) is 34.9 Å². The molecule has 1 fully saturated rings. The Bertz CT molecular complexity index is 918. The number of hydrazine groups is 1. The zero-order valence-corrected chi connectivity index (χ0v) is 15.0. The monoisotopic (exact) mass is 377 g/mol. The number of aromatic nitrogens is 1. The molecule has 1 aromatic heterocycles. The van der Waals surface area contributed by atoms with Crippen LogP contribution in [0.25, 0.3) is 11.3 Å². The van der Waals surface area contributed by atoms with E-state index in [1.807, 2.05) is 31.2 Å². The van der Waals surface area contributed by atoms with Crippen LogP contribution in [0.5, 0.6) is 0 Å². The van der Waals surface area contributed by atoms with E-state index in [0.717, 1.165) is 11.1 Å². The van der Waals surface area contributed by atoms with Crippen molar-refractivity contribution in [1.82, 2.24) is 16.0 Å². The van der Waals surface area contributed by atoms with Gasteiger partial charge in [0, 0.05) is 18.1 Å². The van der Waals surface area contributed by atoms with Gasteiger partial charge in [-0.3, -0.25) is 20.4 Å². The van der Waals surface area contributed by atoms with Crippen LogP contribution in [-0.2, 0) is 14.6 Å². The fourth-order valence-electron chi connectivity index (χ4n) is 2.78. The summed E-state index contributed by atoms with van der Waals surface area (Å²) in [4.78, 5) is 23.9. The maximum atomic E-state index is 12.0. The number of amides is 2. The molecule has 2 N–H and O–H groups in total. The highest BCUT2D eigenvalue weighted by Crippen LogP contribution is 2.21. The molecule has 3 rings (SSSR count). The fourth-order valence-corrected chi connectivity index (χ4v) is 4.64. The molecule has 0 spiro atoms. The Morgan fingerprint density at radius 1 is 1.23 bits per heavy atom. The van der Waals surface area contributed by atoms with Gasteiger partial charge in [0.15, 0.2) is 9.84 Å². The van der Waals surface area contributed by atoms with Crippen molar-refractivity contribution in [2.24, 2.45) is 5.92 Å². The number of benzene rings is 1. The van der Waals surface area contributed by atoms with Gasteiger partial charge in [-0.05, 0) is 19.3 Å². The number of carbonyl (C=O) groups is 2. The molecule has 0 saturated carbocycles. The highest BCUT2D eigenvalue weighted by Gasteiger charge is 2.29. The van der Waals surface area contributed by atoms with Gasteiger partial charge in [-0.15, -0.1) is 0 Å². The van der Waals surface area contributed by atoms with Crippen molar-refractivity contribution >= 4 is 21.7 Å². The number of carbonyl (C=O) groups excluding carboxylic acids is 2. The van der Waals surface area contributed by atoms with Gasteiger partial charge in [0.2, 0.25) is 11.7 Å². The van der Waals surface area contributed by atoms with Crippen molar-refractivity contribution in [3.05, 3.63) is 41.7 Å². The van der Waals surface area contributed by atoms with E-state index in [4.69, 9.17) is 4.52 Å². The number of hydrogen-bond donors (Lipinski definition) is 2. The van der Waals surface area contributed by atoms with Crippen LogP contribution < -0.4 is 10.9 Å². The molecule has 8 nitrogen and oxygen atoms in total. The third kappa shape index (κ3) is 4.48. The lowest BCUT2D eigenvalue weighted by Gasteiger charge is -2.08. The molecule has 0 aliphatic carbocycles. The van der Waals surface area contributed by atoms with E-state index in [-0.39, 0.29) is 29.6 Å². The Hall–Kier alpha value is -2.68. The number of nitrogens with one attached hydrogen (secondary N) is 2. The lowest BCUT2D eigenvalue weighted by atomic mass is 10.1. The van der Waals surface area contributed by atoms with Crippen LogP contribution in [-0.4, -0.2) is 36.9 Å². The smallest absolute Gasteiger partial charge is 0.308 e. The first-order chi connectivity index (χ1) is 12.3. The molecule has 1 unspecified atom stereocenters. The van der Waals surface area contributed by atoms with E-state index in [1.165, 1.54) is 6.07 Å². The number of sulfone groups is 1. The van der Waals surface area contributed by atoms with Gasteiger partial charge in [0.1, 0.15) is 5.69 Å². The molecule has 9 heteroatoms. The Morgan fingerprint density at radius 3 is 2.62 bits per heavy atom. The van der Waals surface area contributed by atoms with Crippen molar-refractivity contribution in [3.63, 3.8) is 0 Å². The van der Waals surface area contributed by atoms with Crippen molar-refractivity contribution in [1.29, 1.82) is 0 Å². The first-order valence-corrected chi connectivity index (χ1v) is 9.98. The molecule has 0 bridgehead atoms. The average Bonchev–Trinajstić information content (AvgIpc) is 3.20. The van der Waals surface area contributed by atoms with Crippen molar-refractivity contribution in [2.75, 3.05) is 11.5 Å². The first-order valence-electron chi connectivity index (χ1n) is 8.16. The minimum atomic E-state index is -3.03. The largest absolute Gasteiger partial charge is 0.350 e. The van der Waals surface area contributed by atoms with Gasteiger partial charge in [0.05, 0.1) is 11.5 Å². The molecular weight excluding hydrogens is 358 g/mol. The highest BCUT2D eigenvalue weighted by atomic mass is 32.2. The molecule has 2 aromatic rings. The van der Waals surface area contributed by atoms with Crippen molar-refractivity contribution in [2.45, 2.75) is 19.8 Å². The summed E-state index contributed by atoms with van der Waals surface area (Å²) in [6.07, 6.45) is 0.510. The first kappa shape index (κ1) is 18.1. The zero-order valence-electron chi connectivity index (χ0n) is 14.2. The topological polar surface area (TPSA) is 118 Å². The van der Waals surface area contributed by atoms with Crippen molar-refractivity contribution < 1.29 is 22.5 Å². The minimum Gasteiger partial charge on any atom is -0.350 e. The lowest BCUT2D eigenvalue weighted by Crippen LogP contribution is -2.42. The van der Waals surface area contributed by atoms with E-state index in [2.05, 4.69) is 16.0 Å². The molecular formula is C17H19N3O5S. The lowest BCUT2D eigenvalue weighted by molar-refractivity contribution is -0.122. The van der Waals surface area contributed by atoms with Crippen LogP contribution in [0.2, 0.25) is 0 Å². The molecule has 1 atom stereocenters. The number of rotatable bonds is 4. The zero-order chi connectivity index (χ0) is 18.7. The quantitative estimate of drug-likeness (QED) is 0.774. The second-order valence-corrected chi connectivity index (χ2v) is 8.65. The van der Waals surface area contributed by atoms with Gasteiger partial charge >= 0.3 is 5.91 Å². The Kier molecular flexibility index (Phi) is 5.08. The van der Waals surface area contributed by atoms with E-state index in [9.17, 15) is 18.0 Å². The second-order valence-electron chi connectivity index (χ2n) is 6.42. The van der Waals surface area contributed by atoms with E-state index < -0.39 is 21.7 Å². The molecule has 1 aromatic carbocycles. The third-order valence-corrected chi connectivity index (χ3v) is 6.03. The predicted molar refractivity (Wildman–Crippen MR) is 93.7 cm³/mol. The highest BCUT2D eigenvalue weighted by molar-refractivity contribution is 7.91. The fraction of sp³-hybridized carbons (Fsp3) is 0.353. The molecule has 26 heavy (non-hydrogen) atoms. The molecule has 1 aliphatic rings. The van der Waals surface area contributed by atoms with Crippen LogP contribution in [0.1, 0.15) is 29.0 Å². The Labute approximate surface area is 150 Å². The third-order valence-electron chi connectivity index (χ3n) is 4.20. The van der Waals surface area contributed by atoms with E-state index in [0.29, 0.717) is 12.1 Å². The second kappa shape index (κ2) is 7.28. The summed E-state index contributed by atoms with van der Waals surface area (Å²) in [6.45, 7) is 1.97. The molecule has 2 amide bonds. The Morgan fingerprint density at radius 2 is 1.96 bits per heavy atom. The van der Waals surface area contributed by atoms with E-state index >= 15 is 0 Å². The molecule has 138 valence electrons. The minimum absolute atomic E-state index is 0.0103. The average molecular weight is 377 g/mol. The summed E-state index contributed by atoms with van der Waals surface area (Å²) < 4.78 is 27.8. The van der Waals surface area contributed by atoms with E-state index in [1.54, 1.807) is 0 Å². The normalized spacial score (nSPS) is 18.4. The van der Waals surface area contributed by atoms with Gasteiger partial charge in [0.25, 0.3) is 0 Å². The van der Waals surface area contributed by atoms with Crippen LogP contribution >= 0.6 is 0 Å². The summed E-state index contributed by atoms with van der Waals surface area (Å²) in [5.41, 5.74) is 6.94. The van der Waals surface area contributed by atoms with Gasteiger partial charge in [-0.2, -0.15) is 0 Å². The standard InChI is InChI=1S/C17H19N3O5S/c1-11-2-4-13(5-3-11)14-9-15(25-20-14)17(22)19-18-16(21)8-12-6-7-26(23,24)10-12/h2-5,9,12H,6-8,10H2,1H3,(H,18,21)(H,19,22). The predicted octanol–water partition coefficient (Wildman–Crippen LogP) is 1.24. The SMILES string of the molecule is Cc1ccc(-c2cc(C(=O)NNC(=O)CC3CCS(=O)(=O)C3)on2)cc1. The summed E-state index contributed by atoms with van der Waals surface area (Å²) in [7, 11) is -3.03. The summed E-state index contributed by atoms with van der Waals surface area (Å²) in [5.74, 6) is -1.21. The molecule has 0 radical (unpaired) electrons. The molecule has 2 heterocycles. The van der Waals surface area contributed by atoms with Crippen LogP contribution in [0.4, 0.5) is 0 Å². The maximum Gasteiger partial charge on any atom is 0.308 e. The maximum absolute atomic E-state index is 12.0. The number of nitrogens with zero attached hydrogens (tertiary/aromatic N) is 1. The summed E-state index contributed by atoms with van der Waals surface area (Å²) >= 11 is 0. The molecule has 1 saturated heterocycles. The number of aryl methyl sites for hydroxylation is 1. The van der Waals surface area contributed by atoms with Gasteiger partial charge < -0.3 is 4.52 Å². The van der Waals surface area contributed by atoms with Crippen LogP contribution in [0, 0.1) is 12.8 Å². The summed E-state index contributed by atoms with van der Waals surface area (Å²) in [5, 5.41) is 3.85. The number of hydrogen-bond acceptors (Lipinski definition) is 6. The Balaban J connectivity index is 1.52.